The Kier molecular flexibility index (Phi) is 6.21. The van der Waals surface area contributed by atoms with Gasteiger partial charge >= 0.3 is 0 Å². The number of anilines is 1. The van der Waals surface area contributed by atoms with Gasteiger partial charge in [0.15, 0.2) is 0 Å². The smallest absolute Gasteiger partial charge is 0.254 e. The van der Waals surface area contributed by atoms with Crippen molar-refractivity contribution >= 4 is 23.4 Å². The number of carbonyl (C=O) groups is 3. The van der Waals surface area contributed by atoms with E-state index in [1.54, 1.807) is 6.07 Å². The number of nitrogens with zero attached hydrogens (tertiary/aromatic N) is 1. The normalized spacial score (nSPS) is 13.6. The van der Waals surface area contributed by atoms with E-state index in [4.69, 9.17) is 0 Å². The number of halogens is 1. The molecule has 1 aliphatic heterocycles. The van der Waals surface area contributed by atoms with Gasteiger partial charge in [-0.2, -0.15) is 0 Å². The maximum Gasteiger partial charge on any atom is 0.254 e. The molecule has 1 fully saturated rings. The number of nitrogens with one attached hydrogen (secondary N) is 3. The molecule has 3 N–H and O–H groups in total. The van der Waals surface area contributed by atoms with Crippen LogP contribution in [0, 0.1) is 5.82 Å². The van der Waals surface area contributed by atoms with Crippen molar-refractivity contribution in [3.63, 3.8) is 0 Å². The summed E-state index contributed by atoms with van der Waals surface area (Å²) in [4.78, 5) is 37.3. The van der Waals surface area contributed by atoms with Crippen LogP contribution in [-0.4, -0.2) is 43.9 Å². The summed E-state index contributed by atoms with van der Waals surface area (Å²) in [5.41, 5.74) is 1.73. The topological polar surface area (TPSA) is 90.5 Å². The molecule has 0 spiro atoms. The summed E-state index contributed by atoms with van der Waals surface area (Å²) in [6.07, 6.45) is 0. The monoisotopic (exact) mass is 384 g/mol. The van der Waals surface area contributed by atoms with Crippen LogP contribution < -0.4 is 20.9 Å². The minimum atomic E-state index is -0.636. The van der Waals surface area contributed by atoms with Crippen molar-refractivity contribution in [2.75, 3.05) is 31.1 Å². The number of hydrogen-bond acceptors (Lipinski definition) is 4. The zero-order valence-corrected chi connectivity index (χ0v) is 15.2. The average molecular weight is 384 g/mol. The van der Waals surface area contributed by atoms with E-state index in [9.17, 15) is 18.8 Å². The fourth-order valence-corrected chi connectivity index (χ4v) is 2.85. The second kappa shape index (κ2) is 8.98. The largest absolute Gasteiger partial charge is 0.360 e. The fraction of sp³-hybridized carbons (Fsp3) is 0.250. The quantitative estimate of drug-likeness (QED) is 0.688. The van der Waals surface area contributed by atoms with E-state index in [1.165, 1.54) is 18.2 Å². The van der Waals surface area contributed by atoms with Crippen molar-refractivity contribution in [2.24, 2.45) is 0 Å². The summed E-state index contributed by atoms with van der Waals surface area (Å²) in [5.74, 6) is -1.64. The molecule has 1 heterocycles. The third-order valence-corrected chi connectivity index (χ3v) is 4.36. The molecular formula is C20H21FN4O3. The molecule has 28 heavy (non-hydrogen) atoms. The first-order chi connectivity index (χ1) is 13.5. The third-order valence-electron chi connectivity index (χ3n) is 4.36. The van der Waals surface area contributed by atoms with Crippen molar-refractivity contribution in [1.29, 1.82) is 0 Å². The van der Waals surface area contributed by atoms with Gasteiger partial charge in [0.05, 0.1) is 18.7 Å². The highest BCUT2D eigenvalue weighted by Crippen LogP contribution is 2.16. The molecule has 0 bridgehead atoms. The number of rotatable bonds is 6. The maximum absolute atomic E-state index is 13.5. The second-order valence-electron chi connectivity index (χ2n) is 6.38. The number of piperazine rings is 1. The Morgan fingerprint density at radius 3 is 2.54 bits per heavy atom. The lowest BCUT2D eigenvalue weighted by Crippen LogP contribution is -2.47. The highest BCUT2D eigenvalue weighted by molar-refractivity contribution is 5.96. The standard InChI is InChI=1S/C20H21FN4O3/c21-17-4-2-1-3-16(17)20(28)24-12-18(26)23-11-14-5-7-15(8-6-14)25-10-9-22-19(27)13-25/h1-8H,9-13H2,(H,22,27)(H,23,26)(H,24,28). The highest BCUT2D eigenvalue weighted by atomic mass is 19.1. The van der Waals surface area contributed by atoms with Gasteiger partial charge in [0, 0.05) is 25.3 Å². The Bertz CT molecular complexity index is 870. The van der Waals surface area contributed by atoms with Crippen LogP contribution in [0.4, 0.5) is 10.1 Å². The molecule has 0 atom stereocenters. The maximum atomic E-state index is 13.5. The van der Waals surface area contributed by atoms with Gasteiger partial charge in [0.25, 0.3) is 5.91 Å². The SMILES string of the molecule is O=C(CNC(=O)c1ccccc1F)NCc1ccc(N2CCNC(=O)C2)cc1. The molecule has 8 heteroatoms. The Hall–Kier alpha value is -3.42. The van der Waals surface area contributed by atoms with Crippen LogP contribution in [0.15, 0.2) is 48.5 Å². The molecule has 1 saturated heterocycles. The third kappa shape index (κ3) is 5.06. The molecule has 3 amide bonds. The average Bonchev–Trinajstić information content (AvgIpc) is 2.71. The summed E-state index contributed by atoms with van der Waals surface area (Å²) in [6.45, 7) is 1.76. The Balaban J connectivity index is 1.45. The predicted molar refractivity (Wildman–Crippen MR) is 102 cm³/mol. The van der Waals surface area contributed by atoms with Crippen LogP contribution in [-0.2, 0) is 16.1 Å². The van der Waals surface area contributed by atoms with E-state index in [0.717, 1.165) is 17.8 Å². The molecule has 0 aromatic heterocycles. The van der Waals surface area contributed by atoms with Gasteiger partial charge in [0.1, 0.15) is 5.82 Å². The summed E-state index contributed by atoms with van der Waals surface area (Å²) >= 11 is 0. The molecule has 146 valence electrons. The van der Waals surface area contributed by atoms with Crippen molar-refractivity contribution in [3.05, 3.63) is 65.5 Å². The first kappa shape index (κ1) is 19.3. The van der Waals surface area contributed by atoms with E-state index in [1.807, 2.05) is 29.2 Å². The first-order valence-electron chi connectivity index (χ1n) is 8.93. The molecule has 0 aliphatic carbocycles. The summed E-state index contributed by atoms with van der Waals surface area (Å²) in [6, 6.07) is 13.1. The van der Waals surface area contributed by atoms with Crippen molar-refractivity contribution in [2.45, 2.75) is 6.54 Å². The summed E-state index contributed by atoms with van der Waals surface area (Å²) in [7, 11) is 0. The number of hydrogen-bond donors (Lipinski definition) is 3. The minimum absolute atomic E-state index is 0.0000195. The van der Waals surface area contributed by atoms with Gasteiger partial charge in [-0.3, -0.25) is 14.4 Å². The van der Waals surface area contributed by atoms with Gasteiger partial charge in [-0.15, -0.1) is 0 Å². The molecule has 0 radical (unpaired) electrons. The van der Waals surface area contributed by atoms with Crippen LogP contribution in [0.2, 0.25) is 0 Å². The molecular weight excluding hydrogens is 363 g/mol. The van der Waals surface area contributed by atoms with Crippen LogP contribution >= 0.6 is 0 Å². The summed E-state index contributed by atoms with van der Waals surface area (Å²) in [5, 5.41) is 7.88. The molecule has 2 aromatic rings. The van der Waals surface area contributed by atoms with E-state index in [2.05, 4.69) is 16.0 Å². The van der Waals surface area contributed by atoms with E-state index in [-0.39, 0.29) is 23.9 Å². The molecule has 0 saturated carbocycles. The van der Waals surface area contributed by atoms with Crippen LogP contribution in [0.25, 0.3) is 0 Å². The molecule has 7 nitrogen and oxygen atoms in total. The van der Waals surface area contributed by atoms with E-state index in [0.29, 0.717) is 19.6 Å². The fourth-order valence-electron chi connectivity index (χ4n) is 2.85. The zero-order valence-electron chi connectivity index (χ0n) is 15.2. The van der Waals surface area contributed by atoms with Gasteiger partial charge in [0.2, 0.25) is 11.8 Å². The molecule has 0 unspecified atom stereocenters. The van der Waals surface area contributed by atoms with E-state index < -0.39 is 11.7 Å². The van der Waals surface area contributed by atoms with Gasteiger partial charge in [-0.25, -0.2) is 4.39 Å². The summed E-state index contributed by atoms with van der Waals surface area (Å²) < 4.78 is 13.5. The lowest BCUT2D eigenvalue weighted by atomic mass is 10.2. The Morgan fingerprint density at radius 1 is 1.07 bits per heavy atom. The lowest BCUT2D eigenvalue weighted by Gasteiger charge is -2.28. The van der Waals surface area contributed by atoms with Gasteiger partial charge in [-0.1, -0.05) is 24.3 Å². The van der Waals surface area contributed by atoms with Crippen molar-refractivity contribution in [3.8, 4) is 0 Å². The number of carbonyl (C=O) groups excluding carboxylic acids is 3. The van der Waals surface area contributed by atoms with Gasteiger partial charge in [-0.05, 0) is 29.8 Å². The predicted octanol–water partition coefficient (Wildman–Crippen LogP) is 0.808. The Morgan fingerprint density at radius 2 is 1.82 bits per heavy atom. The molecule has 1 aliphatic rings. The van der Waals surface area contributed by atoms with Crippen LogP contribution in [0.3, 0.4) is 0 Å². The highest BCUT2D eigenvalue weighted by Gasteiger charge is 2.16. The molecule has 3 rings (SSSR count). The number of benzene rings is 2. The second-order valence-corrected chi connectivity index (χ2v) is 6.38. The molecule has 2 aromatic carbocycles. The first-order valence-corrected chi connectivity index (χ1v) is 8.93. The van der Waals surface area contributed by atoms with Crippen molar-refractivity contribution in [1.82, 2.24) is 16.0 Å². The van der Waals surface area contributed by atoms with Crippen LogP contribution in [0.1, 0.15) is 15.9 Å². The minimum Gasteiger partial charge on any atom is -0.360 e. The number of amides is 3. The van der Waals surface area contributed by atoms with Crippen LogP contribution in [0.5, 0.6) is 0 Å². The Labute approximate surface area is 161 Å². The van der Waals surface area contributed by atoms with Gasteiger partial charge < -0.3 is 20.9 Å². The van der Waals surface area contributed by atoms with Crippen molar-refractivity contribution < 1.29 is 18.8 Å². The zero-order chi connectivity index (χ0) is 19.9. The lowest BCUT2D eigenvalue weighted by molar-refractivity contribution is -0.121. The van der Waals surface area contributed by atoms with E-state index >= 15 is 0 Å².